The third-order valence-corrected chi connectivity index (χ3v) is 4.62. The Labute approximate surface area is 126 Å². The molecule has 3 N–H and O–H groups in total. The zero-order valence-electron chi connectivity index (χ0n) is 12.4. The molecule has 0 unspecified atom stereocenters. The molecular formula is C15H22N2O3S. The van der Waals surface area contributed by atoms with Crippen LogP contribution in [0.1, 0.15) is 43.2 Å². The molecule has 1 amide bonds. The third-order valence-electron chi connectivity index (χ3n) is 3.84. The summed E-state index contributed by atoms with van der Waals surface area (Å²) in [5, 5.41) is 7.52. The van der Waals surface area contributed by atoms with Gasteiger partial charge in [-0.05, 0) is 29.4 Å². The van der Waals surface area contributed by atoms with Crippen LogP contribution in [0.25, 0.3) is 0 Å². The van der Waals surface area contributed by atoms with Crippen LogP contribution in [0.4, 0.5) is 0 Å². The predicted molar refractivity (Wildman–Crippen MR) is 82.4 cm³/mol. The Morgan fingerprint density at radius 2 is 1.95 bits per heavy atom. The minimum Gasteiger partial charge on any atom is -0.355 e. The summed E-state index contributed by atoms with van der Waals surface area (Å²) in [5.74, 6) is 0.391. The maximum Gasteiger partial charge on any atom is 0.223 e. The Balaban J connectivity index is 1.85. The molecule has 2 atom stereocenters. The van der Waals surface area contributed by atoms with Crippen LogP contribution < -0.4 is 10.5 Å². The molecular weight excluding hydrogens is 288 g/mol. The Kier molecular flexibility index (Phi) is 4.68. The van der Waals surface area contributed by atoms with Crippen LogP contribution in [-0.2, 0) is 14.8 Å². The average Bonchev–Trinajstić information content (AvgIpc) is 3.17. The summed E-state index contributed by atoms with van der Waals surface area (Å²) >= 11 is 0. The number of carbonyl (C=O) groups is 1. The normalized spacial score (nSPS) is 21.3. The van der Waals surface area contributed by atoms with E-state index < -0.39 is 10.0 Å². The van der Waals surface area contributed by atoms with Crippen LogP contribution in [0.5, 0.6) is 0 Å². The highest BCUT2D eigenvalue weighted by molar-refractivity contribution is 7.89. The molecule has 21 heavy (non-hydrogen) atoms. The van der Waals surface area contributed by atoms with E-state index in [0.717, 1.165) is 6.42 Å². The molecule has 1 aliphatic carbocycles. The van der Waals surface area contributed by atoms with Gasteiger partial charge in [-0.2, -0.15) is 0 Å². The fourth-order valence-corrected chi connectivity index (χ4v) is 2.82. The highest BCUT2D eigenvalue weighted by atomic mass is 32.2. The molecule has 116 valence electrons. The molecule has 6 heteroatoms. The van der Waals surface area contributed by atoms with Crippen molar-refractivity contribution in [3.05, 3.63) is 35.4 Å². The predicted octanol–water partition coefficient (Wildman–Crippen LogP) is 1.32. The van der Waals surface area contributed by atoms with E-state index >= 15 is 0 Å². The number of primary sulfonamides is 1. The van der Waals surface area contributed by atoms with Gasteiger partial charge in [0.25, 0.3) is 0 Å². The fraction of sp³-hybridized carbons (Fsp3) is 0.533. The molecule has 0 bridgehead atoms. The van der Waals surface area contributed by atoms with Crippen molar-refractivity contribution in [1.29, 1.82) is 0 Å². The number of hydrogen-bond acceptors (Lipinski definition) is 3. The molecule has 5 nitrogen and oxygen atoms in total. The van der Waals surface area contributed by atoms with E-state index in [2.05, 4.69) is 43.4 Å². The van der Waals surface area contributed by atoms with Crippen LogP contribution in [0.3, 0.4) is 0 Å². The smallest absolute Gasteiger partial charge is 0.223 e. The first-order valence-electron chi connectivity index (χ1n) is 7.16. The number of benzene rings is 1. The number of hydrogen-bond donors (Lipinski definition) is 2. The Morgan fingerprint density at radius 3 is 2.48 bits per heavy atom. The van der Waals surface area contributed by atoms with Gasteiger partial charge < -0.3 is 5.32 Å². The lowest BCUT2D eigenvalue weighted by Gasteiger charge is -2.07. The zero-order chi connectivity index (χ0) is 15.6. The minimum atomic E-state index is -3.52. The first kappa shape index (κ1) is 16.0. The van der Waals surface area contributed by atoms with Crippen molar-refractivity contribution in [3.8, 4) is 0 Å². The second kappa shape index (κ2) is 6.15. The van der Waals surface area contributed by atoms with Gasteiger partial charge in [0.15, 0.2) is 0 Å². The van der Waals surface area contributed by atoms with Crippen molar-refractivity contribution in [2.75, 3.05) is 12.3 Å². The second-order valence-electron chi connectivity index (χ2n) is 5.93. The largest absolute Gasteiger partial charge is 0.355 e. The van der Waals surface area contributed by atoms with Crippen LogP contribution in [0.15, 0.2) is 24.3 Å². The third kappa shape index (κ3) is 4.54. The molecule has 0 aliphatic heterocycles. The molecule has 0 spiro atoms. The Morgan fingerprint density at radius 1 is 1.33 bits per heavy atom. The number of amides is 1. The standard InChI is InChI=1S/C15H22N2O3S/c1-10(2)11-3-5-12(6-4-11)13-9-14(13)15(18)17-7-8-21(16,19)20/h3-6,10,13-14H,7-9H2,1-2H3,(H,17,18)(H2,16,19,20)/t13-,14+/m0/s1. The summed E-state index contributed by atoms with van der Waals surface area (Å²) in [6, 6.07) is 8.37. The lowest BCUT2D eigenvalue weighted by atomic mass is 10.00. The number of rotatable bonds is 6. The minimum absolute atomic E-state index is 0.0459. The number of carbonyl (C=O) groups excluding carboxylic acids is 1. The lowest BCUT2D eigenvalue weighted by molar-refractivity contribution is -0.122. The lowest BCUT2D eigenvalue weighted by Crippen LogP contribution is -2.32. The van der Waals surface area contributed by atoms with Gasteiger partial charge in [-0.3, -0.25) is 4.79 Å². The van der Waals surface area contributed by atoms with E-state index in [4.69, 9.17) is 5.14 Å². The molecule has 0 aromatic heterocycles. The van der Waals surface area contributed by atoms with Crippen LogP contribution >= 0.6 is 0 Å². The monoisotopic (exact) mass is 310 g/mol. The van der Waals surface area contributed by atoms with E-state index in [1.54, 1.807) is 0 Å². The first-order valence-corrected chi connectivity index (χ1v) is 8.87. The van der Waals surface area contributed by atoms with Gasteiger partial charge in [0.2, 0.25) is 15.9 Å². The van der Waals surface area contributed by atoms with Crippen molar-refractivity contribution in [1.82, 2.24) is 5.32 Å². The van der Waals surface area contributed by atoms with Gasteiger partial charge in [0.1, 0.15) is 0 Å². The SMILES string of the molecule is CC(C)c1ccc([C@@H]2C[C@H]2C(=O)NCCS(N)(=O)=O)cc1. The van der Waals surface area contributed by atoms with Crippen LogP contribution in [-0.4, -0.2) is 26.6 Å². The molecule has 1 fully saturated rings. The highest BCUT2D eigenvalue weighted by Crippen LogP contribution is 2.47. The van der Waals surface area contributed by atoms with Gasteiger partial charge >= 0.3 is 0 Å². The summed E-state index contributed by atoms with van der Waals surface area (Å²) in [5.41, 5.74) is 2.46. The van der Waals surface area contributed by atoms with Gasteiger partial charge in [-0.1, -0.05) is 38.1 Å². The Bertz CT molecular complexity index is 608. The fourth-order valence-electron chi connectivity index (χ4n) is 2.43. The van der Waals surface area contributed by atoms with Crippen molar-refractivity contribution in [3.63, 3.8) is 0 Å². The molecule has 0 heterocycles. The van der Waals surface area contributed by atoms with Crippen molar-refractivity contribution in [2.24, 2.45) is 11.1 Å². The number of nitrogens with two attached hydrogens (primary N) is 1. The van der Waals surface area contributed by atoms with Crippen molar-refractivity contribution in [2.45, 2.75) is 32.1 Å². The summed E-state index contributed by atoms with van der Waals surface area (Å²) in [6.07, 6.45) is 0.822. The number of nitrogens with one attached hydrogen (secondary N) is 1. The van der Waals surface area contributed by atoms with Crippen molar-refractivity contribution < 1.29 is 13.2 Å². The molecule has 1 aromatic rings. The van der Waals surface area contributed by atoms with E-state index in [-0.39, 0.29) is 30.0 Å². The molecule has 2 rings (SSSR count). The zero-order valence-corrected chi connectivity index (χ0v) is 13.2. The molecule has 1 saturated carbocycles. The van der Waals surface area contributed by atoms with E-state index in [1.807, 2.05) is 0 Å². The average molecular weight is 310 g/mol. The van der Waals surface area contributed by atoms with Crippen molar-refractivity contribution >= 4 is 15.9 Å². The quantitative estimate of drug-likeness (QED) is 0.830. The molecule has 0 saturated heterocycles. The highest BCUT2D eigenvalue weighted by Gasteiger charge is 2.43. The topological polar surface area (TPSA) is 89.3 Å². The molecule has 1 aliphatic rings. The van der Waals surface area contributed by atoms with Crippen LogP contribution in [0.2, 0.25) is 0 Å². The van der Waals surface area contributed by atoms with Gasteiger partial charge in [0.05, 0.1) is 5.75 Å². The summed E-state index contributed by atoms with van der Waals surface area (Å²) < 4.78 is 21.6. The van der Waals surface area contributed by atoms with Crippen LogP contribution in [0, 0.1) is 5.92 Å². The maximum atomic E-state index is 11.9. The maximum absolute atomic E-state index is 11.9. The molecule has 0 radical (unpaired) electrons. The first-order chi connectivity index (χ1) is 9.78. The van der Waals surface area contributed by atoms with Gasteiger partial charge in [-0.15, -0.1) is 0 Å². The Hall–Kier alpha value is -1.40. The summed E-state index contributed by atoms with van der Waals surface area (Å²) in [4.78, 5) is 11.9. The second-order valence-corrected chi connectivity index (χ2v) is 7.66. The number of sulfonamides is 1. The van der Waals surface area contributed by atoms with Gasteiger partial charge in [-0.25, -0.2) is 13.6 Å². The summed E-state index contributed by atoms with van der Waals surface area (Å²) in [6.45, 7) is 4.37. The van der Waals surface area contributed by atoms with Gasteiger partial charge in [0, 0.05) is 12.5 Å². The van der Waals surface area contributed by atoms with E-state index in [0.29, 0.717) is 5.92 Å². The van der Waals surface area contributed by atoms with E-state index in [9.17, 15) is 13.2 Å². The summed E-state index contributed by atoms with van der Waals surface area (Å²) in [7, 11) is -3.52. The molecule has 1 aromatic carbocycles. The van der Waals surface area contributed by atoms with E-state index in [1.165, 1.54) is 11.1 Å².